The van der Waals surface area contributed by atoms with Crippen molar-refractivity contribution < 1.29 is 4.74 Å². The lowest BCUT2D eigenvalue weighted by Crippen LogP contribution is -2.23. The molecule has 3 aromatic rings. The number of hydrogen-bond donors (Lipinski definition) is 2. The first-order chi connectivity index (χ1) is 11.7. The monoisotopic (exact) mass is 451 g/mol. The van der Waals surface area contributed by atoms with Crippen LogP contribution in [0.4, 0.5) is 5.69 Å². The van der Waals surface area contributed by atoms with Crippen molar-refractivity contribution >= 4 is 41.3 Å². The molecule has 0 unspecified atom stereocenters. The van der Waals surface area contributed by atoms with E-state index in [0.717, 1.165) is 34.8 Å². The molecule has 0 bridgehead atoms. The minimum absolute atomic E-state index is 0. The lowest BCUT2D eigenvalue weighted by atomic mass is 10.3. The number of benzene rings is 1. The smallest absolute Gasteiger partial charge is 0.193 e. The summed E-state index contributed by atoms with van der Waals surface area (Å²) < 4.78 is 7.31. The van der Waals surface area contributed by atoms with Crippen LogP contribution < -0.4 is 15.8 Å². The van der Waals surface area contributed by atoms with Gasteiger partial charge in [0.05, 0.1) is 18.5 Å². The van der Waals surface area contributed by atoms with E-state index in [9.17, 15) is 0 Å². The lowest BCUT2D eigenvalue weighted by molar-refractivity contribution is 0.417. The molecule has 0 aliphatic carbocycles. The number of nitrogens with two attached hydrogens (primary N) is 1. The molecule has 25 heavy (non-hydrogen) atoms. The summed E-state index contributed by atoms with van der Waals surface area (Å²) in [4.78, 5) is 8.99. The van der Waals surface area contributed by atoms with Crippen LogP contribution in [0.1, 0.15) is 11.3 Å². The summed E-state index contributed by atoms with van der Waals surface area (Å²) in [6, 6.07) is 11.7. The first-order valence-corrected chi connectivity index (χ1v) is 7.80. The van der Waals surface area contributed by atoms with Gasteiger partial charge in [0, 0.05) is 25.4 Å². The predicted octanol–water partition coefficient (Wildman–Crippen LogP) is 3.24. The van der Waals surface area contributed by atoms with Gasteiger partial charge in [-0.2, -0.15) is 0 Å². The molecule has 0 spiro atoms. The van der Waals surface area contributed by atoms with Gasteiger partial charge < -0.3 is 20.2 Å². The van der Waals surface area contributed by atoms with Crippen molar-refractivity contribution in [1.29, 1.82) is 0 Å². The van der Waals surface area contributed by atoms with Gasteiger partial charge in [0.2, 0.25) is 0 Å². The van der Waals surface area contributed by atoms with Gasteiger partial charge in [-0.25, -0.2) is 4.98 Å². The van der Waals surface area contributed by atoms with Gasteiger partial charge in [0.1, 0.15) is 11.4 Å². The number of guanidine groups is 1. The number of nitrogens with one attached hydrogen (secondary N) is 1. The molecule has 0 aliphatic heterocycles. The Hall–Kier alpha value is -2.29. The highest BCUT2D eigenvalue weighted by Crippen LogP contribution is 2.22. The average Bonchev–Trinajstić information content (AvgIpc) is 3.00. The molecule has 2 aromatic heterocycles. The number of rotatable bonds is 5. The SMILES string of the molecule is COc1ccccc1NC(N)=NCCc1cn2cccc(C)c2n1.I. The maximum Gasteiger partial charge on any atom is 0.193 e. The minimum Gasteiger partial charge on any atom is -0.495 e. The molecule has 0 amide bonds. The summed E-state index contributed by atoms with van der Waals surface area (Å²) in [5.41, 5.74) is 9.88. The van der Waals surface area contributed by atoms with E-state index in [0.29, 0.717) is 12.5 Å². The molecular formula is C18H22IN5O. The number of fused-ring (bicyclic) bond motifs is 1. The highest BCUT2D eigenvalue weighted by Gasteiger charge is 2.04. The zero-order valence-corrected chi connectivity index (χ0v) is 16.6. The van der Waals surface area contributed by atoms with Crippen molar-refractivity contribution in [2.45, 2.75) is 13.3 Å². The molecule has 0 aliphatic rings. The normalized spacial score (nSPS) is 11.2. The first kappa shape index (κ1) is 19.0. The van der Waals surface area contributed by atoms with E-state index >= 15 is 0 Å². The van der Waals surface area contributed by atoms with Crippen molar-refractivity contribution in [2.75, 3.05) is 19.0 Å². The summed E-state index contributed by atoms with van der Waals surface area (Å²) in [7, 11) is 1.62. The van der Waals surface area contributed by atoms with Crippen molar-refractivity contribution in [3.8, 4) is 5.75 Å². The Kier molecular flexibility index (Phi) is 6.63. The average molecular weight is 451 g/mol. The van der Waals surface area contributed by atoms with Crippen LogP contribution >= 0.6 is 24.0 Å². The summed E-state index contributed by atoms with van der Waals surface area (Å²) in [6.45, 7) is 2.62. The second-order valence-corrected chi connectivity index (χ2v) is 5.50. The molecule has 7 heteroatoms. The summed E-state index contributed by atoms with van der Waals surface area (Å²) >= 11 is 0. The minimum atomic E-state index is 0. The number of nitrogens with zero attached hydrogens (tertiary/aromatic N) is 3. The van der Waals surface area contributed by atoms with E-state index in [1.54, 1.807) is 7.11 Å². The maximum atomic E-state index is 5.95. The van der Waals surface area contributed by atoms with Crippen molar-refractivity contribution in [3.05, 3.63) is 60.0 Å². The second kappa shape index (κ2) is 8.70. The van der Waals surface area contributed by atoms with Crippen LogP contribution in [0.15, 0.2) is 53.8 Å². The molecule has 2 heterocycles. The Morgan fingerprint density at radius 2 is 2.08 bits per heavy atom. The van der Waals surface area contributed by atoms with E-state index in [1.165, 1.54) is 0 Å². The van der Waals surface area contributed by atoms with E-state index < -0.39 is 0 Å². The molecule has 0 radical (unpaired) electrons. The Bertz CT molecular complexity index is 875. The fraction of sp³-hybridized carbons (Fsp3) is 0.222. The number of aliphatic imine (C=N–C) groups is 1. The molecule has 0 saturated carbocycles. The number of hydrogen-bond acceptors (Lipinski definition) is 3. The van der Waals surface area contributed by atoms with Gasteiger partial charge >= 0.3 is 0 Å². The number of pyridine rings is 1. The fourth-order valence-electron chi connectivity index (χ4n) is 2.54. The number of ether oxygens (including phenoxy) is 1. The van der Waals surface area contributed by atoms with Gasteiger partial charge in [-0.3, -0.25) is 4.99 Å². The van der Waals surface area contributed by atoms with Gasteiger partial charge in [0.15, 0.2) is 5.96 Å². The van der Waals surface area contributed by atoms with Gasteiger partial charge in [-0.05, 0) is 30.7 Å². The third kappa shape index (κ3) is 4.62. The molecule has 3 N–H and O–H groups in total. The predicted molar refractivity (Wildman–Crippen MR) is 112 cm³/mol. The Morgan fingerprint density at radius 3 is 2.84 bits per heavy atom. The van der Waals surface area contributed by atoms with Crippen LogP contribution in [0, 0.1) is 6.92 Å². The van der Waals surface area contributed by atoms with Gasteiger partial charge in [-0.1, -0.05) is 18.2 Å². The molecule has 1 aromatic carbocycles. The van der Waals surface area contributed by atoms with E-state index in [2.05, 4.69) is 28.3 Å². The highest BCUT2D eigenvalue weighted by molar-refractivity contribution is 14.0. The number of para-hydroxylation sites is 2. The topological polar surface area (TPSA) is 76.9 Å². The third-order valence-electron chi connectivity index (χ3n) is 3.75. The van der Waals surface area contributed by atoms with E-state index in [4.69, 9.17) is 10.5 Å². The number of methoxy groups -OCH3 is 1. The lowest BCUT2D eigenvalue weighted by Gasteiger charge is -2.09. The number of aromatic nitrogens is 2. The second-order valence-electron chi connectivity index (χ2n) is 5.50. The van der Waals surface area contributed by atoms with Crippen LogP contribution in [0.3, 0.4) is 0 Å². The van der Waals surface area contributed by atoms with Crippen LogP contribution in [-0.2, 0) is 6.42 Å². The Labute approximate surface area is 164 Å². The quantitative estimate of drug-likeness (QED) is 0.355. The van der Waals surface area contributed by atoms with Crippen molar-refractivity contribution in [2.24, 2.45) is 10.7 Å². The molecule has 0 fully saturated rings. The Balaban J connectivity index is 0.00000225. The maximum absolute atomic E-state index is 5.95. The molecule has 0 saturated heterocycles. The molecule has 3 rings (SSSR count). The van der Waals surface area contributed by atoms with Crippen molar-refractivity contribution in [3.63, 3.8) is 0 Å². The summed E-state index contributed by atoms with van der Waals surface area (Å²) in [5, 5.41) is 3.06. The van der Waals surface area contributed by atoms with E-state index in [-0.39, 0.29) is 24.0 Å². The standard InChI is InChI=1S/C18H21N5O.HI/c1-13-6-5-11-23-12-14(21-17(13)23)9-10-20-18(19)22-15-7-3-4-8-16(15)24-2;/h3-8,11-12H,9-10H2,1-2H3,(H3,19,20,22);1H. The van der Waals surface area contributed by atoms with Crippen LogP contribution in [0.5, 0.6) is 5.75 Å². The largest absolute Gasteiger partial charge is 0.495 e. The number of halogens is 1. The Morgan fingerprint density at radius 1 is 1.28 bits per heavy atom. The van der Waals surface area contributed by atoms with Crippen molar-refractivity contribution in [1.82, 2.24) is 9.38 Å². The highest BCUT2D eigenvalue weighted by atomic mass is 127. The van der Waals surface area contributed by atoms with Crippen LogP contribution in [-0.4, -0.2) is 29.0 Å². The summed E-state index contributed by atoms with van der Waals surface area (Å²) in [5.74, 6) is 1.09. The zero-order chi connectivity index (χ0) is 16.9. The van der Waals surface area contributed by atoms with Crippen LogP contribution in [0.25, 0.3) is 5.65 Å². The number of anilines is 1. The molecule has 0 atom stereocenters. The first-order valence-electron chi connectivity index (χ1n) is 7.80. The zero-order valence-electron chi connectivity index (χ0n) is 14.3. The van der Waals surface area contributed by atoms with Gasteiger partial charge in [-0.15, -0.1) is 24.0 Å². The number of imidazole rings is 1. The third-order valence-corrected chi connectivity index (χ3v) is 3.75. The summed E-state index contributed by atoms with van der Waals surface area (Å²) in [6.07, 6.45) is 4.76. The number of aryl methyl sites for hydroxylation is 1. The van der Waals surface area contributed by atoms with Gasteiger partial charge in [0.25, 0.3) is 0 Å². The molecule has 6 nitrogen and oxygen atoms in total. The van der Waals surface area contributed by atoms with E-state index in [1.807, 2.05) is 47.1 Å². The molecular weight excluding hydrogens is 429 g/mol. The molecule has 132 valence electrons. The fourth-order valence-corrected chi connectivity index (χ4v) is 2.54. The van der Waals surface area contributed by atoms with Crippen LogP contribution in [0.2, 0.25) is 0 Å².